The zero-order valence-corrected chi connectivity index (χ0v) is 20.5. The molecule has 9 heteroatoms. The predicted octanol–water partition coefficient (Wildman–Crippen LogP) is 3.80. The number of rotatable bonds is 9. The summed E-state index contributed by atoms with van der Waals surface area (Å²) in [4.78, 5) is 34.2. The van der Waals surface area contributed by atoms with Gasteiger partial charge < -0.3 is 14.5 Å². The summed E-state index contributed by atoms with van der Waals surface area (Å²) < 4.78 is 7.90. The lowest BCUT2D eigenvalue weighted by Gasteiger charge is -2.43. The Balaban J connectivity index is 1.41. The number of likely N-dealkylation sites (tertiary alicyclic amines) is 2. The minimum Gasteiger partial charge on any atom is -0.493 e. The molecule has 0 aliphatic carbocycles. The van der Waals surface area contributed by atoms with Gasteiger partial charge in [-0.05, 0) is 56.7 Å². The third kappa shape index (κ3) is 6.72. The van der Waals surface area contributed by atoms with Crippen molar-refractivity contribution in [2.75, 3.05) is 32.8 Å². The Morgan fingerprint density at radius 3 is 2.65 bits per heavy atom. The fourth-order valence-corrected chi connectivity index (χ4v) is 5.18. The summed E-state index contributed by atoms with van der Waals surface area (Å²) in [6, 6.07) is 7.33. The van der Waals surface area contributed by atoms with Gasteiger partial charge in [-0.25, -0.2) is 4.98 Å². The second-order valence-electron chi connectivity index (χ2n) is 9.55. The van der Waals surface area contributed by atoms with Gasteiger partial charge in [-0.2, -0.15) is 5.10 Å². The van der Waals surface area contributed by atoms with Crippen molar-refractivity contribution in [2.45, 2.75) is 57.9 Å². The van der Waals surface area contributed by atoms with Crippen molar-refractivity contribution >= 4 is 23.4 Å². The number of hydrogen-bond acceptors (Lipinski definition) is 5. The third-order valence-corrected chi connectivity index (χ3v) is 7.07. The van der Waals surface area contributed by atoms with Gasteiger partial charge in [0.2, 0.25) is 11.8 Å². The third-order valence-electron chi connectivity index (χ3n) is 6.83. The van der Waals surface area contributed by atoms with Crippen molar-refractivity contribution in [3.63, 3.8) is 0 Å². The van der Waals surface area contributed by atoms with Gasteiger partial charge in [0.1, 0.15) is 18.4 Å². The van der Waals surface area contributed by atoms with Crippen LogP contribution in [0, 0.1) is 5.41 Å². The van der Waals surface area contributed by atoms with Crippen molar-refractivity contribution in [3.8, 4) is 5.75 Å². The Morgan fingerprint density at radius 1 is 1.06 bits per heavy atom. The maximum Gasteiger partial charge on any atom is 0.223 e. The minimum atomic E-state index is -0.406. The van der Waals surface area contributed by atoms with E-state index in [1.807, 2.05) is 28.0 Å². The second-order valence-corrected chi connectivity index (χ2v) is 9.98. The molecule has 0 spiro atoms. The molecule has 1 atom stereocenters. The van der Waals surface area contributed by atoms with Crippen LogP contribution in [-0.4, -0.2) is 69.2 Å². The van der Waals surface area contributed by atoms with Crippen LogP contribution in [0.2, 0.25) is 5.02 Å². The highest BCUT2D eigenvalue weighted by atomic mass is 35.5. The van der Waals surface area contributed by atoms with Crippen LogP contribution in [0.25, 0.3) is 0 Å². The first-order valence-corrected chi connectivity index (χ1v) is 12.7. The van der Waals surface area contributed by atoms with Crippen molar-refractivity contribution < 1.29 is 14.3 Å². The van der Waals surface area contributed by atoms with E-state index in [1.165, 1.54) is 12.7 Å². The van der Waals surface area contributed by atoms with Crippen LogP contribution >= 0.6 is 11.6 Å². The van der Waals surface area contributed by atoms with Crippen molar-refractivity contribution in [1.82, 2.24) is 24.6 Å². The van der Waals surface area contributed by atoms with Crippen LogP contribution in [0.3, 0.4) is 0 Å². The zero-order valence-electron chi connectivity index (χ0n) is 19.7. The first kappa shape index (κ1) is 24.5. The standard InChI is InChI=1S/C25H34ClN5O3/c26-21-7-4-8-22(15-21)34-18-25(16-24(33)29-11-2-1-3-12-29)10-6-13-30(17-25)23(32)9-5-14-31-20-27-19-28-31/h4,7-8,15,19-20H,1-3,5-6,9-14,16-18H2/t25-/m1/s1. The highest BCUT2D eigenvalue weighted by Gasteiger charge is 2.40. The highest BCUT2D eigenvalue weighted by molar-refractivity contribution is 6.30. The summed E-state index contributed by atoms with van der Waals surface area (Å²) in [5, 5.41) is 4.71. The number of nitrogens with zero attached hydrogens (tertiary/aromatic N) is 5. The van der Waals surface area contributed by atoms with Crippen LogP contribution in [0.1, 0.15) is 51.4 Å². The molecule has 0 radical (unpaired) electrons. The number of ether oxygens (including phenoxy) is 1. The Bertz CT molecular complexity index is 948. The quantitative estimate of drug-likeness (QED) is 0.537. The van der Waals surface area contributed by atoms with Gasteiger partial charge in [-0.3, -0.25) is 14.3 Å². The molecule has 0 saturated carbocycles. The maximum atomic E-state index is 13.2. The number of carbonyl (C=O) groups is 2. The van der Waals surface area contributed by atoms with Crippen molar-refractivity contribution in [2.24, 2.45) is 5.41 Å². The summed E-state index contributed by atoms with van der Waals surface area (Å²) in [5.41, 5.74) is -0.406. The lowest BCUT2D eigenvalue weighted by atomic mass is 9.77. The Kier molecular flexibility index (Phi) is 8.43. The molecule has 3 heterocycles. The van der Waals surface area contributed by atoms with Crippen molar-refractivity contribution in [1.29, 1.82) is 0 Å². The number of aromatic nitrogens is 3. The van der Waals surface area contributed by atoms with E-state index in [4.69, 9.17) is 16.3 Å². The van der Waals surface area contributed by atoms with E-state index in [9.17, 15) is 9.59 Å². The first-order valence-electron chi connectivity index (χ1n) is 12.3. The molecule has 2 aliphatic heterocycles. The summed E-state index contributed by atoms with van der Waals surface area (Å²) >= 11 is 6.13. The molecule has 0 N–H and O–H groups in total. The number of aryl methyl sites for hydroxylation is 1. The van der Waals surface area contributed by atoms with Crippen molar-refractivity contribution in [3.05, 3.63) is 41.9 Å². The molecule has 4 rings (SSSR count). The average Bonchev–Trinajstić information content (AvgIpc) is 3.37. The zero-order chi connectivity index (χ0) is 23.8. The summed E-state index contributed by atoms with van der Waals surface area (Å²) in [6.45, 7) is 3.96. The Labute approximate surface area is 206 Å². The van der Waals surface area contributed by atoms with E-state index in [0.717, 1.165) is 45.3 Å². The molecule has 8 nitrogen and oxygen atoms in total. The normalized spacial score (nSPS) is 20.9. The fourth-order valence-electron chi connectivity index (χ4n) is 5.00. The Morgan fingerprint density at radius 2 is 1.88 bits per heavy atom. The van der Waals surface area contributed by atoms with Crippen LogP contribution in [-0.2, 0) is 16.1 Å². The van der Waals surface area contributed by atoms with Gasteiger partial charge in [0.25, 0.3) is 0 Å². The topological polar surface area (TPSA) is 80.6 Å². The SMILES string of the molecule is O=C(C[C@]1(COc2cccc(Cl)c2)CCCN(C(=O)CCCn2cncn2)C1)N1CCCCC1. The Hall–Kier alpha value is -2.61. The molecular formula is C25H34ClN5O3. The number of benzene rings is 1. The molecule has 1 aromatic heterocycles. The molecule has 0 bridgehead atoms. The number of hydrogen-bond donors (Lipinski definition) is 0. The summed E-state index contributed by atoms with van der Waals surface area (Å²) in [7, 11) is 0. The van der Waals surface area contributed by atoms with E-state index in [2.05, 4.69) is 10.1 Å². The summed E-state index contributed by atoms with van der Waals surface area (Å²) in [6.07, 6.45) is 9.75. The first-order chi connectivity index (χ1) is 16.5. The smallest absolute Gasteiger partial charge is 0.223 e. The monoisotopic (exact) mass is 487 g/mol. The van der Waals surface area contributed by atoms with E-state index in [0.29, 0.717) is 49.7 Å². The molecule has 2 saturated heterocycles. The van der Waals surface area contributed by atoms with Gasteiger partial charge >= 0.3 is 0 Å². The van der Waals surface area contributed by atoms with Gasteiger partial charge in [0.15, 0.2) is 0 Å². The number of amides is 2. The van der Waals surface area contributed by atoms with E-state index < -0.39 is 5.41 Å². The molecular weight excluding hydrogens is 454 g/mol. The molecule has 2 aliphatic rings. The molecule has 2 fully saturated rings. The van der Waals surface area contributed by atoms with Gasteiger partial charge in [0, 0.05) is 56.0 Å². The van der Waals surface area contributed by atoms with E-state index in [1.54, 1.807) is 17.1 Å². The van der Waals surface area contributed by atoms with E-state index >= 15 is 0 Å². The molecule has 2 aromatic rings. The van der Waals surface area contributed by atoms with Gasteiger partial charge in [-0.15, -0.1) is 0 Å². The highest BCUT2D eigenvalue weighted by Crippen LogP contribution is 2.36. The molecule has 0 unspecified atom stereocenters. The summed E-state index contributed by atoms with van der Waals surface area (Å²) in [5.74, 6) is 0.987. The van der Waals surface area contributed by atoms with Crippen LogP contribution < -0.4 is 4.74 Å². The number of piperidine rings is 2. The van der Waals surface area contributed by atoms with Crippen LogP contribution in [0.5, 0.6) is 5.75 Å². The number of halogens is 1. The average molecular weight is 488 g/mol. The predicted molar refractivity (Wildman–Crippen MR) is 129 cm³/mol. The van der Waals surface area contributed by atoms with Gasteiger partial charge in [0.05, 0.1) is 6.61 Å². The number of carbonyl (C=O) groups excluding carboxylic acids is 2. The molecule has 2 amide bonds. The largest absolute Gasteiger partial charge is 0.493 e. The van der Waals surface area contributed by atoms with E-state index in [-0.39, 0.29) is 11.8 Å². The minimum absolute atomic E-state index is 0.123. The maximum absolute atomic E-state index is 13.2. The lowest BCUT2D eigenvalue weighted by molar-refractivity contribution is -0.142. The molecule has 1 aromatic carbocycles. The second kappa shape index (κ2) is 11.7. The molecule has 34 heavy (non-hydrogen) atoms. The van der Waals surface area contributed by atoms with Crippen LogP contribution in [0.4, 0.5) is 0 Å². The fraction of sp³-hybridized carbons (Fsp3) is 0.600. The van der Waals surface area contributed by atoms with Gasteiger partial charge in [-0.1, -0.05) is 17.7 Å². The van der Waals surface area contributed by atoms with Crippen LogP contribution in [0.15, 0.2) is 36.9 Å². The molecule has 184 valence electrons. The lowest BCUT2D eigenvalue weighted by Crippen LogP contribution is -2.51.